The van der Waals surface area contributed by atoms with Crippen molar-refractivity contribution in [3.8, 4) is 5.75 Å². The van der Waals surface area contributed by atoms with Crippen LogP contribution in [0.4, 0.5) is 5.69 Å². The van der Waals surface area contributed by atoms with Crippen LogP contribution in [0.15, 0.2) is 52.3 Å². The first-order chi connectivity index (χ1) is 10.6. The number of benzene rings is 2. The Balaban J connectivity index is 1.93. The van der Waals surface area contributed by atoms with Crippen LogP contribution in [0.2, 0.25) is 0 Å². The minimum absolute atomic E-state index is 0.291. The molecule has 1 heterocycles. The summed E-state index contributed by atoms with van der Waals surface area (Å²) in [5, 5.41) is 0. The van der Waals surface area contributed by atoms with Gasteiger partial charge in [0, 0.05) is 4.90 Å². The van der Waals surface area contributed by atoms with E-state index in [0.717, 1.165) is 24.2 Å². The van der Waals surface area contributed by atoms with Gasteiger partial charge in [0.1, 0.15) is 5.75 Å². The summed E-state index contributed by atoms with van der Waals surface area (Å²) in [6, 6.07) is 12.3. The van der Waals surface area contributed by atoms with Crippen molar-refractivity contribution in [3.63, 3.8) is 0 Å². The van der Waals surface area contributed by atoms with E-state index >= 15 is 0 Å². The van der Waals surface area contributed by atoms with E-state index in [-0.39, 0.29) is 0 Å². The lowest BCUT2D eigenvalue weighted by molar-refractivity contribution is 0.417. The summed E-state index contributed by atoms with van der Waals surface area (Å²) in [5.74, 6) is 1.60. The van der Waals surface area contributed by atoms with Gasteiger partial charge in [-0.1, -0.05) is 12.1 Å². The SMILES string of the molecule is COc1ccccc1NS(=O)(=O)c1ccc2c(c1)CCCS2. The molecule has 0 fully saturated rings. The molecule has 0 spiro atoms. The average molecular weight is 335 g/mol. The lowest BCUT2D eigenvalue weighted by atomic mass is 10.1. The predicted octanol–water partition coefficient (Wildman–Crippen LogP) is 3.53. The van der Waals surface area contributed by atoms with Gasteiger partial charge >= 0.3 is 0 Å². The van der Waals surface area contributed by atoms with Crippen LogP contribution in [0, 0.1) is 0 Å². The van der Waals surface area contributed by atoms with Gasteiger partial charge in [-0.2, -0.15) is 0 Å². The number of hydrogen-bond donors (Lipinski definition) is 1. The molecule has 0 unspecified atom stereocenters. The molecular weight excluding hydrogens is 318 g/mol. The summed E-state index contributed by atoms with van der Waals surface area (Å²) in [5.41, 5.74) is 1.55. The molecule has 0 atom stereocenters. The number of ether oxygens (including phenoxy) is 1. The van der Waals surface area contributed by atoms with Crippen LogP contribution < -0.4 is 9.46 Å². The maximum absolute atomic E-state index is 12.6. The Kier molecular flexibility index (Phi) is 4.31. The molecule has 6 heteroatoms. The number of fused-ring (bicyclic) bond motifs is 1. The minimum Gasteiger partial charge on any atom is -0.495 e. The second kappa shape index (κ2) is 6.22. The molecule has 3 rings (SSSR count). The van der Waals surface area contributed by atoms with E-state index in [2.05, 4.69) is 4.72 Å². The van der Waals surface area contributed by atoms with Gasteiger partial charge < -0.3 is 4.74 Å². The third kappa shape index (κ3) is 3.08. The molecular formula is C16H17NO3S2. The molecule has 0 saturated carbocycles. The predicted molar refractivity (Wildman–Crippen MR) is 89.3 cm³/mol. The van der Waals surface area contributed by atoms with Crippen LogP contribution in [-0.2, 0) is 16.4 Å². The summed E-state index contributed by atoms with van der Waals surface area (Å²) in [7, 11) is -2.10. The van der Waals surface area contributed by atoms with Gasteiger partial charge in [0.15, 0.2) is 0 Å². The largest absolute Gasteiger partial charge is 0.495 e. The summed E-state index contributed by atoms with van der Waals surface area (Å²) in [6.07, 6.45) is 2.02. The number of sulfonamides is 1. The molecule has 0 aliphatic carbocycles. The fourth-order valence-electron chi connectivity index (χ4n) is 2.44. The van der Waals surface area contributed by atoms with Crippen LogP contribution in [0.5, 0.6) is 5.75 Å². The van der Waals surface area contributed by atoms with Gasteiger partial charge in [0.05, 0.1) is 17.7 Å². The molecule has 0 bridgehead atoms. The van der Waals surface area contributed by atoms with Crippen molar-refractivity contribution in [2.75, 3.05) is 17.6 Å². The second-order valence-corrected chi connectivity index (χ2v) is 7.85. The molecule has 0 amide bonds. The third-order valence-corrected chi connectivity index (χ3v) is 6.11. The zero-order valence-electron chi connectivity index (χ0n) is 12.2. The molecule has 22 heavy (non-hydrogen) atoms. The molecule has 116 valence electrons. The van der Waals surface area contributed by atoms with E-state index in [1.807, 2.05) is 6.07 Å². The Bertz CT molecular complexity index is 788. The molecule has 0 radical (unpaired) electrons. The fraction of sp³-hybridized carbons (Fsp3) is 0.250. The number of rotatable bonds is 4. The van der Waals surface area contributed by atoms with Crippen molar-refractivity contribution in [2.24, 2.45) is 0 Å². The number of anilines is 1. The zero-order valence-corrected chi connectivity index (χ0v) is 13.8. The number of methoxy groups -OCH3 is 1. The highest BCUT2D eigenvalue weighted by Crippen LogP contribution is 2.32. The molecule has 2 aromatic rings. The van der Waals surface area contributed by atoms with Crippen LogP contribution in [0.25, 0.3) is 0 Å². The van der Waals surface area contributed by atoms with Gasteiger partial charge in [0.25, 0.3) is 10.0 Å². The Morgan fingerprint density at radius 1 is 1.18 bits per heavy atom. The van der Waals surface area contributed by atoms with Crippen molar-refractivity contribution in [2.45, 2.75) is 22.6 Å². The van der Waals surface area contributed by atoms with Crippen molar-refractivity contribution in [1.82, 2.24) is 0 Å². The highest BCUT2D eigenvalue weighted by Gasteiger charge is 2.19. The first-order valence-electron chi connectivity index (χ1n) is 7.02. The van der Waals surface area contributed by atoms with E-state index < -0.39 is 10.0 Å². The number of nitrogens with one attached hydrogen (secondary N) is 1. The molecule has 4 nitrogen and oxygen atoms in total. The van der Waals surface area contributed by atoms with E-state index in [4.69, 9.17) is 4.74 Å². The normalized spacial score (nSPS) is 14.2. The lowest BCUT2D eigenvalue weighted by Crippen LogP contribution is -2.14. The van der Waals surface area contributed by atoms with Crippen LogP contribution in [0.1, 0.15) is 12.0 Å². The summed E-state index contributed by atoms with van der Waals surface area (Å²) < 4.78 is 33.0. The quantitative estimate of drug-likeness (QED) is 0.928. The van der Waals surface area contributed by atoms with Crippen LogP contribution >= 0.6 is 11.8 Å². The topological polar surface area (TPSA) is 55.4 Å². The smallest absolute Gasteiger partial charge is 0.262 e. The van der Waals surface area contributed by atoms with E-state index in [1.165, 1.54) is 12.0 Å². The summed E-state index contributed by atoms with van der Waals surface area (Å²) in [4.78, 5) is 1.47. The van der Waals surface area contributed by atoms with E-state index in [1.54, 1.807) is 48.2 Å². The number of aryl methyl sites for hydroxylation is 1. The second-order valence-electron chi connectivity index (χ2n) is 5.03. The fourth-order valence-corrected chi connectivity index (χ4v) is 4.58. The van der Waals surface area contributed by atoms with Gasteiger partial charge in [0.2, 0.25) is 0 Å². The highest BCUT2D eigenvalue weighted by molar-refractivity contribution is 7.99. The number of thioether (sulfide) groups is 1. The monoisotopic (exact) mass is 335 g/mol. The summed E-state index contributed by atoms with van der Waals surface area (Å²) in [6.45, 7) is 0. The summed E-state index contributed by atoms with van der Waals surface area (Å²) >= 11 is 1.78. The Hall–Kier alpha value is -1.66. The van der Waals surface area contributed by atoms with Gasteiger partial charge in [-0.3, -0.25) is 4.72 Å². The highest BCUT2D eigenvalue weighted by atomic mass is 32.2. The zero-order chi connectivity index (χ0) is 15.6. The molecule has 2 aromatic carbocycles. The third-order valence-electron chi connectivity index (χ3n) is 3.54. The van der Waals surface area contributed by atoms with Gasteiger partial charge in [-0.05, 0) is 54.5 Å². The van der Waals surface area contributed by atoms with Crippen molar-refractivity contribution in [1.29, 1.82) is 0 Å². The van der Waals surface area contributed by atoms with Gasteiger partial charge in [-0.25, -0.2) is 8.42 Å². The first kappa shape index (κ1) is 15.2. The van der Waals surface area contributed by atoms with Crippen molar-refractivity contribution < 1.29 is 13.2 Å². The molecule has 1 aliphatic heterocycles. The van der Waals surface area contributed by atoms with E-state index in [9.17, 15) is 8.42 Å². The maximum Gasteiger partial charge on any atom is 0.262 e. The Morgan fingerprint density at radius 2 is 2.00 bits per heavy atom. The first-order valence-corrected chi connectivity index (χ1v) is 9.48. The number of para-hydroxylation sites is 2. The maximum atomic E-state index is 12.6. The molecule has 0 aromatic heterocycles. The molecule has 0 saturated heterocycles. The number of hydrogen-bond acceptors (Lipinski definition) is 4. The van der Waals surface area contributed by atoms with Crippen molar-refractivity contribution >= 4 is 27.5 Å². The molecule has 1 N–H and O–H groups in total. The van der Waals surface area contributed by atoms with Crippen LogP contribution in [0.3, 0.4) is 0 Å². The van der Waals surface area contributed by atoms with Gasteiger partial charge in [-0.15, -0.1) is 11.8 Å². The minimum atomic E-state index is -3.62. The average Bonchev–Trinajstić information content (AvgIpc) is 2.54. The molecule has 1 aliphatic rings. The van der Waals surface area contributed by atoms with Crippen LogP contribution in [-0.4, -0.2) is 21.3 Å². The standard InChI is InChI=1S/C16H17NO3S2/c1-20-15-7-3-2-6-14(15)17-22(18,19)13-8-9-16-12(11-13)5-4-10-21-16/h2-3,6-9,11,17H,4-5,10H2,1H3. The van der Waals surface area contributed by atoms with E-state index in [0.29, 0.717) is 16.3 Å². The van der Waals surface area contributed by atoms with Crippen molar-refractivity contribution in [3.05, 3.63) is 48.0 Å². The lowest BCUT2D eigenvalue weighted by Gasteiger charge is -2.17. The Labute approximate surface area is 134 Å². The Morgan fingerprint density at radius 3 is 2.82 bits per heavy atom.